The van der Waals surface area contributed by atoms with Gasteiger partial charge in [0.05, 0.1) is 32.0 Å². The normalized spacial score (nSPS) is 11.3. The summed E-state index contributed by atoms with van der Waals surface area (Å²) in [6.07, 6.45) is -1.10. The van der Waals surface area contributed by atoms with Gasteiger partial charge in [0.2, 0.25) is 0 Å². The fourth-order valence-electron chi connectivity index (χ4n) is 4.18. The zero-order valence-electron chi connectivity index (χ0n) is 20.7. The van der Waals surface area contributed by atoms with Crippen molar-refractivity contribution in [1.82, 2.24) is 10.3 Å². The van der Waals surface area contributed by atoms with E-state index in [1.807, 2.05) is 42.5 Å². The molecular formula is C29H30N2O4. The summed E-state index contributed by atoms with van der Waals surface area (Å²) in [5.74, 6) is 1.23. The van der Waals surface area contributed by atoms with Crippen molar-refractivity contribution < 1.29 is 19.4 Å². The number of aromatic nitrogens is 1. The van der Waals surface area contributed by atoms with Crippen molar-refractivity contribution in [3.63, 3.8) is 0 Å². The lowest BCUT2D eigenvalue weighted by Gasteiger charge is -2.20. The van der Waals surface area contributed by atoms with Crippen LogP contribution < -0.4 is 14.8 Å². The van der Waals surface area contributed by atoms with Gasteiger partial charge in [0.15, 0.2) is 11.5 Å². The fourth-order valence-corrected chi connectivity index (χ4v) is 4.18. The van der Waals surface area contributed by atoms with E-state index in [4.69, 9.17) is 14.5 Å². The molecule has 0 bridgehead atoms. The zero-order valence-corrected chi connectivity index (χ0v) is 20.7. The maximum absolute atomic E-state index is 11.2. The highest BCUT2D eigenvalue weighted by atomic mass is 16.5. The summed E-state index contributed by atoms with van der Waals surface area (Å²) >= 11 is 0. The summed E-state index contributed by atoms with van der Waals surface area (Å²) in [5.41, 5.74) is 6.28. The van der Waals surface area contributed by atoms with Gasteiger partial charge in [-0.3, -0.25) is 4.98 Å². The molecule has 4 rings (SSSR count). The standard InChI is InChI=1S/C29H30N2O4/c1-29(2,3)21-12-10-18(11-13-21)23-15-20(16-26(34-4)27(23)35-5)22-14-19-8-6-7-9-24(19)31-25(22)17-30-28(32)33/h6-16,30H,17H2,1-5H3,(H,32,33). The van der Waals surface area contributed by atoms with Crippen LogP contribution in [0.5, 0.6) is 11.5 Å². The van der Waals surface area contributed by atoms with Gasteiger partial charge in [0, 0.05) is 16.5 Å². The molecule has 0 spiro atoms. The number of nitrogens with zero attached hydrogens (tertiary/aromatic N) is 1. The van der Waals surface area contributed by atoms with Gasteiger partial charge in [-0.25, -0.2) is 4.79 Å². The molecule has 0 fully saturated rings. The number of para-hydroxylation sites is 1. The second-order valence-corrected chi connectivity index (χ2v) is 9.42. The number of pyridine rings is 1. The largest absolute Gasteiger partial charge is 0.493 e. The molecule has 0 saturated carbocycles. The molecule has 4 aromatic rings. The number of benzene rings is 3. The molecule has 6 heteroatoms. The number of nitrogens with one attached hydrogen (secondary N) is 1. The number of methoxy groups -OCH3 is 2. The van der Waals surface area contributed by atoms with Gasteiger partial charge < -0.3 is 19.9 Å². The van der Waals surface area contributed by atoms with Gasteiger partial charge >= 0.3 is 6.09 Å². The van der Waals surface area contributed by atoms with E-state index in [9.17, 15) is 9.90 Å². The molecule has 0 aliphatic heterocycles. The molecule has 1 heterocycles. The van der Waals surface area contributed by atoms with Crippen LogP contribution >= 0.6 is 0 Å². The topological polar surface area (TPSA) is 80.7 Å². The van der Waals surface area contributed by atoms with E-state index in [1.165, 1.54) is 5.56 Å². The van der Waals surface area contributed by atoms with Crippen molar-refractivity contribution >= 4 is 17.0 Å². The van der Waals surface area contributed by atoms with Crippen molar-refractivity contribution in [2.75, 3.05) is 14.2 Å². The van der Waals surface area contributed by atoms with Gasteiger partial charge in [0.25, 0.3) is 0 Å². The van der Waals surface area contributed by atoms with Crippen LogP contribution in [0.2, 0.25) is 0 Å². The summed E-state index contributed by atoms with van der Waals surface area (Å²) in [5, 5.41) is 12.6. The minimum Gasteiger partial charge on any atom is -0.493 e. The molecule has 35 heavy (non-hydrogen) atoms. The third-order valence-electron chi connectivity index (χ3n) is 6.06. The smallest absolute Gasteiger partial charge is 0.404 e. The molecule has 0 unspecified atom stereocenters. The molecule has 1 amide bonds. The Kier molecular flexibility index (Phi) is 6.65. The molecule has 180 valence electrons. The average Bonchev–Trinajstić information content (AvgIpc) is 2.85. The Labute approximate surface area is 205 Å². The van der Waals surface area contributed by atoms with E-state index < -0.39 is 6.09 Å². The summed E-state index contributed by atoms with van der Waals surface area (Å²) < 4.78 is 11.5. The lowest BCUT2D eigenvalue weighted by Crippen LogP contribution is -2.21. The number of hydrogen-bond acceptors (Lipinski definition) is 4. The summed E-state index contributed by atoms with van der Waals surface area (Å²) in [7, 11) is 3.24. The molecule has 0 atom stereocenters. The van der Waals surface area contributed by atoms with E-state index in [2.05, 4.69) is 50.4 Å². The predicted molar refractivity (Wildman–Crippen MR) is 139 cm³/mol. The molecule has 0 aliphatic rings. The lowest BCUT2D eigenvalue weighted by molar-refractivity contribution is 0.194. The monoisotopic (exact) mass is 470 g/mol. The third kappa shape index (κ3) is 5.06. The van der Waals surface area contributed by atoms with Crippen LogP contribution in [0.15, 0.2) is 66.7 Å². The lowest BCUT2D eigenvalue weighted by atomic mass is 9.86. The predicted octanol–water partition coefficient (Wildman–Crippen LogP) is 6.65. The van der Waals surface area contributed by atoms with E-state index in [0.717, 1.165) is 33.2 Å². The Morgan fingerprint density at radius 3 is 2.26 bits per heavy atom. The highest BCUT2D eigenvalue weighted by Gasteiger charge is 2.19. The fraction of sp³-hybridized carbons (Fsp3) is 0.241. The Bertz CT molecular complexity index is 1370. The second-order valence-electron chi connectivity index (χ2n) is 9.42. The van der Waals surface area contributed by atoms with Crippen molar-refractivity contribution in [1.29, 1.82) is 0 Å². The van der Waals surface area contributed by atoms with Crippen molar-refractivity contribution in [3.8, 4) is 33.8 Å². The number of carbonyl (C=O) groups is 1. The number of fused-ring (bicyclic) bond motifs is 1. The van der Waals surface area contributed by atoms with Gasteiger partial charge in [-0.2, -0.15) is 0 Å². The number of hydrogen-bond donors (Lipinski definition) is 2. The van der Waals surface area contributed by atoms with Crippen LogP contribution in [0.1, 0.15) is 32.0 Å². The van der Waals surface area contributed by atoms with Crippen LogP contribution in [0.3, 0.4) is 0 Å². The minimum absolute atomic E-state index is 0.0466. The second kappa shape index (κ2) is 9.66. The highest BCUT2D eigenvalue weighted by Crippen LogP contribution is 2.43. The Balaban J connectivity index is 1.92. The van der Waals surface area contributed by atoms with Crippen LogP contribution in [0.25, 0.3) is 33.2 Å². The third-order valence-corrected chi connectivity index (χ3v) is 6.06. The molecule has 2 N–H and O–H groups in total. The summed E-state index contributed by atoms with van der Waals surface area (Å²) in [6, 6.07) is 22.2. The van der Waals surface area contributed by atoms with Gasteiger partial charge in [-0.15, -0.1) is 0 Å². The first-order valence-corrected chi connectivity index (χ1v) is 11.4. The minimum atomic E-state index is -1.10. The van der Waals surface area contributed by atoms with Crippen molar-refractivity contribution in [2.24, 2.45) is 0 Å². The average molecular weight is 471 g/mol. The summed E-state index contributed by atoms with van der Waals surface area (Å²) in [6.45, 7) is 6.64. The molecular weight excluding hydrogens is 440 g/mol. The van der Waals surface area contributed by atoms with Crippen LogP contribution in [-0.2, 0) is 12.0 Å². The molecule has 3 aromatic carbocycles. The van der Waals surface area contributed by atoms with Crippen molar-refractivity contribution in [2.45, 2.75) is 32.7 Å². The molecule has 0 saturated heterocycles. The number of ether oxygens (including phenoxy) is 2. The van der Waals surface area contributed by atoms with Crippen LogP contribution in [0, 0.1) is 0 Å². The Morgan fingerprint density at radius 2 is 1.63 bits per heavy atom. The van der Waals surface area contributed by atoms with Gasteiger partial charge in [-0.1, -0.05) is 63.2 Å². The Hall–Kier alpha value is -4.06. The molecule has 1 aromatic heterocycles. The maximum atomic E-state index is 11.2. The number of amides is 1. The van der Waals surface area contributed by atoms with Crippen LogP contribution in [0.4, 0.5) is 4.79 Å². The van der Waals surface area contributed by atoms with Crippen LogP contribution in [-0.4, -0.2) is 30.4 Å². The van der Waals surface area contributed by atoms with E-state index in [-0.39, 0.29) is 12.0 Å². The molecule has 0 aliphatic carbocycles. The first-order chi connectivity index (χ1) is 16.7. The van der Waals surface area contributed by atoms with Gasteiger partial charge in [0.1, 0.15) is 0 Å². The highest BCUT2D eigenvalue weighted by molar-refractivity contribution is 5.88. The van der Waals surface area contributed by atoms with Gasteiger partial charge in [-0.05, 0) is 46.4 Å². The van der Waals surface area contributed by atoms with E-state index >= 15 is 0 Å². The summed E-state index contributed by atoms with van der Waals surface area (Å²) in [4.78, 5) is 16.0. The molecule has 6 nitrogen and oxygen atoms in total. The number of carboxylic acid groups (broad SMARTS) is 1. The maximum Gasteiger partial charge on any atom is 0.404 e. The Morgan fingerprint density at radius 1 is 0.914 bits per heavy atom. The van der Waals surface area contributed by atoms with E-state index in [0.29, 0.717) is 17.2 Å². The number of rotatable bonds is 6. The molecule has 0 radical (unpaired) electrons. The first-order valence-electron chi connectivity index (χ1n) is 11.4. The van der Waals surface area contributed by atoms with E-state index in [1.54, 1.807) is 14.2 Å². The first kappa shape index (κ1) is 24.1. The van der Waals surface area contributed by atoms with Crippen molar-refractivity contribution in [3.05, 3.63) is 78.0 Å². The SMILES string of the molecule is COc1cc(-c2cc3ccccc3nc2CNC(=O)O)cc(-c2ccc(C(C)(C)C)cc2)c1OC. The quantitative estimate of drug-likeness (QED) is 0.330. The zero-order chi connectivity index (χ0) is 25.2.